The van der Waals surface area contributed by atoms with Crippen molar-refractivity contribution >= 4 is 29.4 Å². The third-order valence-electron chi connectivity index (χ3n) is 8.79. The zero-order valence-corrected chi connectivity index (χ0v) is 19.3. The van der Waals surface area contributed by atoms with Crippen LogP contribution in [0.15, 0.2) is 36.4 Å². The van der Waals surface area contributed by atoms with Crippen molar-refractivity contribution in [1.82, 2.24) is 4.90 Å². The number of carbonyl (C=O) groups excluding carboxylic acids is 4. The molecular weight excluding hydrogens is 432 g/mol. The second kappa shape index (κ2) is 8.07. The molecule has 3 saturated carbocycles. The molecule has 7 nitrogen and oxygen atoms in total. The number of allylic oxidation sites excluding steroid dienone is 2. The zero-order valence-electron chi connectivity index (χ0n) is 19.3. The molecule has 1 N–H and O–H groups in total. The number of hydrogen-bond acceptors (Lipinski definition) is 5. The Morgan fingerprint density at radius 3 is 2.09 bits per heavy atom. The van der Waals surface area contributed by atoms with E-state index in [1.54, 1.807) is 36.1 Å². The predicted molar refractivity (Wildman–Crippen MR) is 123 cm³/mol. The molecule has 1 heterocycles. The lowest BCUT2D eigenvalue weighted by Gasteiger charge is -2.37. The van der Waals surface area contributed by atoms with E-state index in [4.69, 9.17) is 4.74 Å². The van der Waals surface area contributed by atoms with E-state index in [-0.39, 0.29) is 59.3 Å². The Morgan fingerprint density at radius 1 is 0.941 bits per heavy atom. The number of hydrogen-bond donors (Lipinski definition) is 1. The molecule has 0 unspecified atom stereocenters. The first-order valence-electron chi connectivity index (χ1n) is 12.6. The number of rotatable bonds is 5. The zero-order chi connectivity index (χ0) is 23.6. The van der Waals surface area contributed by atoms with E-state index in [0.29, 0.717) is 55.4 Å². The number of anilines is 1. The third kappa shape index (κ3) is 3.31. The van der Waals surface area contributed by atoms with Gasteiger partial charge in [0.1, 0.15) is 0 Å². The van der Waals surface area contributed by atoms with E-state index in [9.17, 15) is 19.2 Å². The Hall–Kier alpha value is -2.96. The lowest BCUT2D eigenvalue weighted by Crippen LogP contribution is -2.44. The van der Waals surface area contributed by atoms with Gasteiger partial charge in [-0.3, -0.25) is 19.3 Å². The van der Waals surface area contributed by atoms with Crippen LogP contribution in [0.5, 0.6) is 0 Å². The van der Waals surface area contributed by atoms with Crippen LogP contribution in [0, 0.1) is 41.4 Å². The standard InChI is InChI=1S/C27H30N2O5/c1-2-34-27(33)15-3-7-16(8-4-15)28-24(30)14-5-9-17(10-6-14)29-25(31)22-18-11-12-19(21-13-20(18)21)23(22)26(29)32/h3-4,7-8,11-12,14,17-23H,2,5-6,9-10,13H2,1H3,(H,28,30)/t14?,17?,18-,19-,20-,21+,22+,23+/m0/s1. The highest BCUT2D eigenvalue weighted by molar-refractivity contribution is 6.06. The SMILES string of the molecule is CCOC(=O)c1ccc(NC(=O)C2CCC(N3C(=O)[C@@H]4[C@H]5C=C[C@@H]([C@@H]6C[C@H]56)[C@H]4C3=O)CC2)cc1. The number of nitrogens with one attached hydrogen (secondary N) is 1. The van der Waals surface area contributed by atoms with Gasteiger partial charge in [-0.1, -0.05) is 12.2 Å². The van der Waals surface area contributed by atoms with Crippen LogP contribution in [0.2, 0.25) is 0 Å². The van der Waals surface area contributed by atoms with Gasteiger partial charge in [-0.15, -0.1) is 0 Å². The maximum atomic E-state index is 13.3. The topological polar surface area (TPSA) is 92.8 Å². The second-order valence-electron chi connectivity index (χ2n) is 10.5. The molecule has 0 radical (unpaired) electrons. The molecule has 3 amide bonds. The summed E-state index contributed by atoms with van der Waals surface area (Å²) in [4.78, 5) is 52.9. The summed E-state index contributed by atoms with van der Waals surface area (Å²) in [6, 6.07) is 6.59. The summed E-state index contributed by atoms with van der Waals surface area (Å²) in [6.45, 7) is 2.07. The molecule has 1 saturated heterocycles. The van der Waals surface area contributed by atoms with E-state index in [0.717, 1.165) is 0 Å². The molecular formula is C27H30N2O5. The normalized spacial score (nSPS) is 37.3. The van der Waals surface area contributed by atoms with Crippen LogP contribution in [0.3, 0.4) is 0 Å². The van der Waals surface area contributed by atoms with Crippen molar-refractivity contribution in [3.8, 4) is 0 Å². The van der Waals surface area contributed by atoms with E-state index >= 15 is 0 Å². The number of nitrogens with zero attached hydrogens (tertiary/aromatic N) is 1. The number of amides is 3. The van der Waals surface area contributed by atoms with E-state index < -0.39 is 0 Å². The molecule has 5 aliphatic carbocycles. The molecule has 0 aromatic heterocycles. The van der Waals surface area contributed by atoms with Crippen LogP contribution < -0.4 is 5.32 Å². The molecule has 1 aliphatic heterocycles. The Bertz CT molecular complexity index is 1030. The van der Waals surface area contributed by atoms with Crippen molar-refractivity contribution in [1.29, 1.82) is 0 Å². The molecule has 1 aromatic carbocycles. The third-order valence-corrected chi connectivity index (χ3v) is 8.79. The van der Waals surface area contributed by atoms with E-state index in [1.807, 2.05) is 0 Å². The van der Waals surface area contributed by atoms with Crippen molar-refractivity contribution in [2.75, 3.05) is 11.9 Å². The second-order valence-corrected chi connectivity index (χ2v) is 10.5. The van der Waals surface area contributed by atoms with E-state index in [1.165, 1.54) is 6.42 Å². The number of esters is 1. The number of imide groups is 1. The summed E-state index contributed by atoms with van der Waals surface area (Å²) in [7, 11) is 0. The van der Waals surface area contributed by atoms with Gasteiger partial charge in [0, 0.05) is 17.6 Å². The van der Waals surface area contributed by atoms with Crippen LogP contribution in [0.25, 0.3) is 0 Å². The van der Waals surface area contributed by atoms with Crippen molar-refractivity contribution < 1.29 is 23.9 Å². The van der Waals surface area contributed by atoms with Gasteiger partial charge in [0.05, 0.1) is 24.0 Å². The largest absolute Gasteiger partial charge is 0.462 e. The highest BCUT2D eigenvalue weighted by atomic mass is 16.5. The summed E-state index contributed by atoms with van der Waals surface area (Å²) in [5.74, 6) is 0.901. The van der Waals surface area contributed by atoms with Gasteiger partial charge in [-0.2, -0.15) is 0 Å². The molecule has 7 heteroatoms. The van der Waals surface area contributed by atoms with Crippen LogP contribution in [-0.4, -0.2) is 41.2 Å². The Morgan fingerprint density at radius 2 is 1.53 bits per heavy atom. The molecule has 6 atom stereocenters. The highest BCUT2D eigenvalue weighted by Gasteiger charge is 2.67. The average molecular weight is 463 g/mol. The Labute approximate surface area is 198 Å². The Balaban J connectivity index is 1.06. The van der Waals surface area contributed by atoms with Gasteiger partial charge < -0.3 is 10.1 Å². The summed E-state index contributed by atoms with van der Waals surface area (Å²) >= 11 is 0. The van der Waals surface area contributed by atoms with Crippen LogP contribution in [0.4, 0.5) is 5.69 Å². The average Bonchev–Trinajstić information content (AvgIpc) is 3.63. The molecule has 34 heavy (non-hydrogen) atoms. The minimum absolute atomic E-state index is 0.0364. The van der Waals surface area contributed by atoms with Crippen molar-refractivity contribution in [2.45, 2.75) is 45.1 Å². The fraction of sp³-hybridized carbons (Fsp3) is 0.556. The van der Waals surface area contributed by atoms with E-state index in [2.05, 4.69) is 17.5 Å². The van der Waals surface area contributed by atoms with Gasteiger partial charge >= 0.3 is 5.97 Å². The first-order valence-corrected chi connectivity index (χ1v) is 12.6. The number of likely N-dealkylation sites (tertiary alicyclic amines) is 1. The van der Waals surface area contributed by atoms with Crippen molar-refractivity contribution in [3.63, 3.8) is 0 Å². The van der Waals surface area contributed by atoms with Gasteiger partial charge in [-0.05, 0) is 87.0 Å². The summed E-state index contributed by atoms with van der Waals surface area (Å²) < 4.78 is 4.98. The fourth-order valence-corrected chi connectivity index (χ4v) is 7.08. The summed E-state index contributed by atoms with van der Waals surface area (Å²) in [6.07, 6.45) is 8.23. The minimum Gasteiger partial charge on any atom is -0.462 e. The highest BCUT2D eigenvalue weighted by Crippen LogP contribution is 2.65. The number of carbonyl (C=O) groups is 4. The monoisotopic (exact) mass is 462 g/mol. The van der Waals surface area contributed by atoms with Crippen LogP contribution >= 0.6 is 0 Å². The smallest absolute Gasteiger partial charge is 0.338 e. The maximum Gasteiger partial charge on any atom is 0.338 e. The first-order chi connectivity index (χ1) is 16.5. The number of benzene rings is 1. The molecule has 1 aromatic rings. The van der Waals surface area contributed by atoms with Crippen LogP contribution in [-0.2, 0) is 19.1 Å². The molecule has 6 aliphatic rings. The number of ether oxygens (including phenoxy) is 1. The first kappa shape index (κ1) is 21.6. The molecule has 7 rings (SSSR count). The molecule has 0 spiro atoms. The van der Waals surface area contributed by atoms with Crippen molar-refractivity contribution in [2.24, 2.45) is 41.4 Å². The van der Waals surface area contributed by atoms with Crippen LogP contribution in [0.1, 0.15) is 49.4 Å². The quantitative estimate of drug-likeness (QED) is 0.411. The molecule has 178 valence electrons. The fourth-order valence-electron chi connectivity index (χ4n) is 7.08. The summed E-state index contributed by atoms with van der Waals surface area (Å²) in [5.41, 5.74) is 1.08. The van der Waals surface area contributed by atoms with Gasteiger partial charge in [0.25, 0.3) is 0 Å². The predicted octanol–water partition coefficient (Wildman–Crippen LogP) is 3.41. The molecule has 4 fully saturated rings. The lowest BCUT2D eigenvalue weighted by atomic mass is 9.63. The van der Waals surface area contributed by atoms with Crippen molar-refractivity contribution in [3.05, 3.63) is 42.0 Å². The lowest BCUT2D eigenvalue weighted by molar-refractivity contribution is -0.144. The Kier molecular flexibility index (Phi) is 5.12. The molecule has 2 bridgehead atoms. The minimum atomic E-state index is -0.384. The maximum absolute atomic E-state index is 13.3. The van der Waals surface area contributed by atoms with Gasteiger partial charge in [0.15, 0.2) is 0 Å². The van der Waals surface area contributed by atoms with Gasteiger partial charge in [-0.25, -0.2) is 4.79 Å². The summed E-state index contributed by atoms with van der Waals surface area (Å²) in [5, 5.41) is 2.94. The van der Waals surface area contributed by atoms with Gasteiger partial charge in [0.2, 0.25) is 17.7 Å².